The summed E-state index contributed by atoms with van der Waals surface area (Å²) < 4.78 is 0. The van der Waals surface area contributed by atoms with E-state index in [2.05, 4.69) is 16.0 Å². The third kappa shape index (κ3) is 5.01. The smallest absolute Gasteiger partial charge is 0.251 e. The predicted octanol–water partition coefficient (Wildman–Crippen LogP) is 1.62. The first kappa shape index (κ1) is 16.2. The van der Waals surface area contributed by atoms with Crippen LogP contribution in [0, 0.1) is 5.92 Å². The number of benzene rings is 1. The first-order valence-electron chi connectivity index (χ1n) is 6.92. The van der Waals surface area contributed by atoms with E-state index in [1.54, 1.807) is 24.3 Å². The van der Waals surface area contributed by atoms with Crippen LogP contribution in [0.1, 0.15) is 30.6 Å². The molecule has 0 heterocycles. The highest BCUT2D eigenvalue weighted by Gasteiger charge is 2.12. The molecule has 0 spiro atoms. The standard InChI is InChI=1S/C15H23N3O2/c1-4-8-17-15(20)12-6-5-7-13(9-12)18-14(19)11(2)10-16-3/h5-7,9,11,16H,4,8,10H2,1-3H3,(H,17,20)(H,18,19). The van der Waals surface area contributed by atoms with Gasteiger partial charge in [-0.3, -0.25) is 9.59 Å². The molecule has 0 aliphatic carbocycles. The lowest BCUT2D eigenvalue weighted by Gasteiger charge is -2.12. The molecule has 1 atom stereocenters. The Kier molecular flexibility index (Phi) is 6.73. The van der Waals surface area contributed by atoms with E-state index in [1.807, 2.05) is 20.9 Å². The molecule has 1 unspecified atom stereocenters. The summed E-state index contributed by atoms with van der Waals surface area (Å²) in [5.41, 5.74) is 1.19. The minimum absolute atomic E-state index is 0.0644. The predicted molar refractivity (Wildman–Crippen MR) is 80.8 cm³/mol. The molecule has 110 valence electrons. The van der Waals surface area contributed by atoms with Crippen molar-refractivity contribution in [3.63, 3.8) is 0 Å². The maximum Gasteiger partial charge on any atom is 0.251 e. The van der Waals surface area contributed by atoms with Gasteiger partial charge in [0.25, 0.3) is 5.91 Å². The van der Waals surface area contributed by atoms with Crippen LogP contribution in [0.2, 0.25) is 0 Å². The molecule has 1 aromatic rings. The summed E-state index contributed by atoms with van der Waals surface area (Å²) >= 11 is 0. The molecule has 5 heteroatoms. The summed E-state index contributed by atoms with van der Waals surface area (Å²) in [5, 5.41) is 8.59. The van der Waals surface area contributed by atoms with Gasteiger partial charge in [-0.1, -0.05) is 19.9 Å². The quantitative estimate of drug-likeness (QED) is 0.709. The lowest BCUT2D eigenvalue weighted by Crippen LogP contribution is -2.29. The molecule has 2 amide bonds. The molecule has 1 aromatic carbocycles. The van der Waals surface area contributed by atoms with Crippen LogP contribution in [0.15, 0.2) is 24.3 Å². The molecule has 0 aliphatic heterocycles. The summed E-state index contributed by atoms with van der Waals surface area (Å²) in [6, 6.07) is 6.96. The second kappa shape index (κ2) is 8.32. The van der Waals surface area contributed by atoms with Gasteiger partial charge in [0.15, 0.2) is 0 Å². The normalized spacial score (nSPS) is 11.8. The van der Waals surface area contributed by atoms with Gasteiger partial charge in [-0.25, -0.2) is 0 Å². The van der Waals surface area contributed by atoms with Crippen LogP contribution < -0.4 is 16.0 Å². The topological polar surface area (TPSA) is 70.2 Å². The van der Waals surface area contributed by atoms with Gasteiger partial charge in [-0.05, 0) is 31.7 Å². The van der Waals surface area contributed by atoms with Crippen molar-refractivity contribution in [3.05, 3.63) is 29.8 Å². The summed E-state index contributed by atoms with van der Waals surface area (Å²) in [5.74, 6) is -0.311. The van der Waals surface area contributed by atoms with Crippen molar-refractivity contribution in [1.29, 1.82) is 0 Å². The molecule has 0 aliphatic rings. The third-order valence-electron chi connectivity index (χ3n) is 2.89. The number of anilines is 1. The second-order valence-electron chi connectivity index (χ2n) is 4.78. The molecule has 3 N–H and O–H groups in total. The Morgan fingerprint density at radius 2 is 2.05 bits per heavy atom. The fourth-order valence-corrected chi connectivity index (χ4v) is 1.74. The van der Waals surface area contributed by atoms with Crippen molar-refractivity contribution >= 4 is 17.5 Å². The van der Waals surface area contributed by atoms with Gasteiger partial charge in [0.05, 0.1) is 0 Å². The largest absolute Gasteiger partial charge is 0.352 e. The van der Waals surface area contributed by atoms with Crippen LogP contribution in [0.25, 0.3) is 0 Å². The summed E-state index contributed by atoms with van der Waals surface area (Å²) in [7, 11) is 1.81. The summed E-state index contributed by atoms with van der Waals surface area (Å²) in [6.45, 7) is 5.11. The SMILES string of the molecule is CCCNC(=O)c1cccc(NC(=O)C(C)CNC)c1. The fourth-order valence-electron chi connectivity index (χ4n) is 1.74. The number of carbonyl (C=O) groups is 2. The van der Waals surface area contributed by atoms with Crippen molar-refractivity contribution in [3.8, 4) is 0 Å². The van der Waals surface area contributed by atoms with Crippen molar-refractivity contribution in [1.82, 2.24) is 10.6 Å². The Labute approximate surface area is 120 Å². The zero-order valence-corrected chi connectivity index (χ0v) is 12.3. The minimum atomic E-state index is -0.127. The van der Waals surface area contributed by atoms with Crippen LogP contribution in [0.4, 0.5) is 5.69 Å². The molecule has 0 aromatic heterocycles. The maximum atomic E-state index is 11.9. The number of amides is 2. The zero-order valence-electron chi connectivity index (χ0n) is 12.3. The first-order valence-corrected chi connectivity index (χ1v) is 6.92. The second-order valence-corrected chi connectivity index (χ2v) is 4.78. The molecule has 20 heavy (non-hydrogen) atoms. The highest BCUT2D eigenvalue weighted by atomic mass is 16.2. The lowest BCUT2D eigenvalue weighted by atomic mass is 10.1. The van der Waals surface area contributed by atoms with Gasteiger partial charge in [-0.15, -0.1) is 0 Å². The Balaban J connectivity index is 2.68. The van der Waals surface area contributed by atoms with E-state index in [0.29, 0.717) is 24.3 Å². The van der Waals surface area contributed by atoms with E-state index in [9.17, 15) is 9.59 Å². The molecule has 0 saturated carbocycles. The van der Waals surface area contributed by atoms with Crippen molar-refractivity contribution < 1.29 is 9.59 Å². The average molecular weight is 277 g/mol. The minimum Gasteiger partial charge on any atom is -0.352 e. The van der Waals surface area contributed by atoms with Gasteiger partial charge < -0.3 is 16.0 Å². The van der Waals surface area contributed by atoms with Crippen molar-refractivity contribution in [2.75, 3.05) is 25.5 Å². The Hall–Kier alpha value is -1.88. The van der Waals surface area contributed by atoms with Gasteiger partial charge in [0.2, 0.25) is 5.91 Å². The van der Waals surface area contributed by atoms with E-state index in [1.165, 1.54) is 0 Å². The number of hydrogen-bond acceptors (Lipinski definition) is 3. The third-order valence-corrected chi connectivity index (χ3v) is 2.89. The van der Waals surface area contributed by atoms with Gasteiger partial charge in [0.1, 0.15) is 0 Å². The van der Waals surface area contributed by atoms with E-state index in [0.717, 1.165) is 6.42 Å². The van der Waals surface area contributed by atoms with Gasteiger partial charge >= 0.3 is 0 Å². The van der Waals surface area contributed by atoms with Crippen LogP contribution in [-0.2, 0) is 4.79 Å². The molecular weight excluding hydrogens is 254 g/mol. The number of hydrogen-bond donors (Lipinski definition) is 3. The molecule has 0 bridgehead atoms. The van der Waals surface area contributed by atoms with E-state index in [-0.39, 0.29) is 17.7 Å². The Morgan fingerprint density at radius 3 is 2.70 bits per heavy atom. The van der Waals surface area contributed by atoms with Crippen LogP contribution in [-0.4, -0.2) is 32.0 Å². The van der Waals surface area contributed by atoms with E-state index >= 15 is 0 Å². The van der Waals surface area contributed by atoms with Gasteiger partial charge in [0, 0.05) is 30.3 Å². The van der Waals surface area contributed by atoms with Crippen LogP contribution in [0.5, 0.6) is 0 Å². The van der Waals surface area contributed by atoms with Crippen molar-refractivity contribution in [2.24, 2.45) is 5.92 Å². The summed E-state index contributed by atoms with van der Waals surface area (Å²) in [6.07, 6.45) is 0.893. The first-order chi connectivity index (χ1) is 9.58. The van der Waals surface area contributed by atoms with Crippen LogP contribution in [0.3, 0.4) is 0 Å². The van der Waals surface area contributed by atoms with E-state index in [4.69, 9.17) is 0 Å². The highest BCUT2D eigenvalue weighted by Crippen LogP contribution is 2.12. The highest BCUT2D eigenvalue weighted by molar-refractivity contribution is 5.97. The molecular formula is C15H23N3O2. The number of nitrogens with one attached hydrogen (secondary N) is 3. The summed E-state index contributed by atoms with van der Waals surface area (Å²) in [4.78, 5) is 23.7. The molecule has 0 fully saturated rings. The van der Waals surface area contributed by atoms with E-state index < -0.39 is 0 Å². The molecule has 0 radical (unpaired) electrons. The molecule has 0 saturated heterocycles. The fraction of sp³-hybridized carbons (Fsp3) is 0.467. The monoisotopic (exact) mass is 277 g/mol. The Morgan fingerprint density at radius 1 is 1.30 bits per heavy atom. The number of rotatable bonds is 7. The molecule has 5 nitrogen and oxygen atoms in total. The lowest BCUT2D eigenvalue weighted by molar-refractivity contribution is -0.119. The zero-order chi connectivity index (χ0) is 15.0. The maximum absolute atomic E-state index is 11.9. The Bertz CT molecular complexity index is 460. The van der Waals surface area contributed by atoms with Gasteiger partial charge in [-0.2, -0.15) is 0 Å². The average Bonchev–Trinajstić information content (AvgIpc) is 2.45. The van der Waals surface area contributed by atoms with Crippen LogP contribution >= 0.6 is 0 Å². The molecule has 1 rings (SSSR count). The number of carbonyl (C=O) groups excluding carboxylic acids is 2. The van der Waals surface area contributed by atoms with Crippen molar-refractivity contribution in [2.45, 2.75) is 20.3 Å².